The molecule has 0 atom stereocenters. The molecule has 0 aliphatic carbocycles. The van der Waals surface area contributed by atoms with Crippen molar-refractivity contribution < 1.29 is 9.59 Å². The maximum absolute atomic E-state index is 12.5. The van der Waals surface area contributed by atoms with Crippen molar-refractivity contribution in [2.45, 2.75) is 19.3 Å². The molecule has 2 heterocycles. The highest BCUT2D eigenvalue weighted by atomic mass is 32.1. The molecule has 0 saturated carbocycles. The Balaban J connectivity index is 1.59. The Bertz CT molecular complexity index is 713. The predicted octanol–water partition coefficient (Wildman–Crippen LogP) is 2.43. The minimum Gasteiger partial charge on any atom is -0.398 e. The second-order valence-electron chi connectivity index (χ2n) is 5.51. The van der Waals surface area contributed by atoms with E-state index < -0.39 is 0 Å². The summed E-state index contributed by atoms with van der Waals surface area (Å²) in [7, 11) is 0. The van der Waals surface area contributed by atoms with E-state index in [0.29, 0.717) is 18.7 Å². The maximum atomic E-state index is 12.5. The van der Waals surface area contributed by atoms with Gasteiger partial charge in [-0.3, -0.25) is 9.59 Å². The second-order valence-corrected chi connectivity index (χ2v) is 6.29. The number of nitrogen functional groups attached to an aromatic ring is 1. The van der Waals surface area contributed by atoms with E-state index in [1.165, 1.54) is 11.3 Å². The van der Waals surface area contributed by atoms with Crippen LogP contribution in [0, 0.1) is 0 Å². The lowest BCUT2D eigenvalue weighted by Crippen LogP contribution is -2.38. The van der Waals surface area contributed by atoms with E-state index in [9.17, 15) is 9.59 Å². The van der Waals surface area contributed by atoms with Crippen LogP contribution in [0.3, 0.4) is 0 Å². The van der Waals surface area contributed by atoms with Crippen LogP contribution < -0.4 is 16.0 Å². The number of anilines is 2. The van der Waals surface area contributed by atoms with Gasteiger partial charge in [-0.05, 0) is 42.0 Å². The Kier molecular flexibility index (Phi) is 4.62. The number of nitrogens with two attached hydrogens (primary N) is 1. The summed E-state index contributed by atoms with van der Waals surface area (Å²) in [4.78, 5) is 26.1. The lowest BCUT2D eigenvalue weighted by Gasteiger charge is -2.30. The van der Waals surface area contributed by atoms with Gasteiger partial charge in [0.25, 0.3) is 5.91 Å². The first-order valence-electron chi connectivity index (χ1n) is 7.65. The fourth-order valence-electron chi connectivity index (χ4n) is 2.82. The number of hydrogen-bond donors (Lipinski definition) is 2. The number of rotatable bonds is 4. The van der Waals surface area contributed by atoms with Crippen LogP contribution in [0.2, 0.25) is 0 Å². The van der Waals surface area contributed by atoms with Crippen LogP contribution in [0.25, 0.3) is 0 Å². The lowest BCUT2D eigenvalue weighted by atomic mass is 9.99. The van der Waals surface area contributed by atoms with E-state index in [4.69, 9.17) is 5.73 Å². The molecular weight excluding hydrogens is 310 g/mol. The van der Waals surface area contributed by atoms with Gasteiger partial charge in [0.2, 0.25) is 5.91 Å². The zero-order chi connectivity index (χ0) is 16.2. The Labute approximate surface area is 139 Å². The number of hydrogen-bond acceptors (Lipinski definition) is 4. The maximum Gasteiger partial charge on any atom is 0.252 e. The van der Waals surface area contributed by atoms with Crippen LogP contribution in [-0.2, 0) is 11.2 Å². The third kappa shape index (κ3) is 3.37. The van der Waals surface area contributed by atoms with Crippen molar-refractivity contribution in [3.63, 3.8) is 0 Å². The smallest absolute Gasteiger partial charge is 0.252 e. The van der Waals surface area contributed by atoms with Gasteiger partial charge in [0.1, 0.15) is 0 Å². The predicted molar refractivity (Wildman–Crippen MR) is 92.8 cm³/mol. The van der Waals surface area contributed by atoms with Gasteiger partial charge in [-0.15, -0.1) is 0 Å². The highest BCUT2D eigenvalue weighted by Crippen LogP contribution is 2.31. The molecule has 0 radical (unpaired) electrons. The average Bonchev–Trinajstić information content (AvgIpc) is 3.09. The topological polar surface area (TPSA) is 75.4 Å². The Morgan fingerprint density at radius 2 is 2.17 bits per heavy atom. The van der Waals surface area contributed by atoms with Gasteiger partial charge in [0, 0.05) is 41.8 Å². The van der Waals surface area contributed by atoms with Crippen molar-refractivity contribution in [1.82, 2.24) is 5.32 Å². The zero-order valence-electron chi connectivity index (χ0n) is 12.7. The molecule has 6 heteroatoms. The molecule has 23 heavy (non-hydrogen) atoms. The van der Waals surface area contributed by atoms with Gasteiger partial charge in [-0.25, -0.2) is 0 Å². The third-order valence-electron chi connectivity index (χ3n) is 4.00. The van der Waals surface area contributed by atoms with Crippen LogP contribution in [0.5, 0.6) is 0 Å². The van der Waals surface area contributed by atoms with E-state index in [2.05, 4.69) is 5.32 Å². The molecule has 3 N–H and O–H groups in total. The van der Waals surface area contributed by atoms with Crippen molar-refractivity contribution in [3.8, 4) is 0 Å². The Morgan fingerprint density at radius 1 is 1.30 bits per heavy atom. The molecule has 1 aromatic heterocycles. The van der Waals surface area contributed by atoms with E-state index >= 15 is 0 Å². The molecule has 1 aromatic carbocycles. The minimum absolute atomic E-state index is 0.0159. The number of benzene rings is 1. The molecule has 1 aliphatic heterocycles. The van der Waals surface area contributed by atoms with Gasteiger partial charge in [-0.2, -0.15) is 11.3 Å². The van der Waals surface area contributed by atoms with Crippen LogP contribution in [0.4, 0.5) is 11.4 Å². The zero-order valence-corrected chi connectivity index (χ0v) is 13.6. The summed E-state index contributed by atoms with van der Waals surface area (Å²) in [6.45, 7) is 1.04. The molecule has 0 saturated heterocycles. The fourth-order valence-corrected chi connectivity index (χ4v) is 3.46. The first-order chi connectivity index (χ1) is 11.2. The van der Waals surface area contributed by atoms with Crippen molar-refractivity contribution in [2.75, 3.05) is 23.7 Å². The second kappa shape index (κ2) is 6.83. The van der Waals surface area contributed by atoms with Crippen molar-refractivity contribution >= 4 is 34.5 Å². The summed E-state index contributed by atoms with van der Waals surface area (Å²) < 4.78 is 0. The molecule has 5 nitrogen and oxygen atoms in total. The van der Waals surface area contributed by atoms with Gasteiger partial charge < -0.3 is 16.0 Å². The average molecular weight is 329 g/mol. The summed E-state index contributed by atoms with van der Waals surface area (Å²) in [5, 5.41) is 6.43. The standard InChI is InChI=1S/C17H19N3O2S/c18-14-4-1-5-15-13(14)3-2-9-20(15)16(21)6-8-19-17(22)12-7-10-23-11-12/h1,4-5,7,10-11H,2-3,6,8-9,18H2,(H,19,22). The SMILES string of the molecule is Nc1cccc2c1CCCN2C(=O)CCNC(=O)c1ccsc1. The van der Waals surface area contributed by atoms with Crippen molar-refractivity contribution in [3.05, 3.63) is 46.2 Å². The largest absolute Gasteiger partial charge is 0.398 e. The summed E-state index contributed by atoms with van der Waals surface area (Å²) in [6.07, 6.45) is 2.10. The van der Waals surface area contributed by atoms with Gasteiger partial charge in [-0.1, -0.05) is 6.07 Å². The molecule has 0 spiro atoms. The fraction of sp³-hybridized carbons (Fsp3) is 0.294. The van der Waals surface area contributed by atoms with Crippen LogP contribution >= 0.6 is 11.3 Å². The number of amides is 2. The summed E-state index contributed by atoms with van der Waals surface area (Å²) in [6, 6.07) is 7.45. The Hall–Kier alpha value is -2.34. The summed E-state index contributed by atoms with van der Waals surface area (Å²) in [5.41, 5.74) is 9.34. The molecule has 120 valence electrons. The number of carbonyl (C=O) groups is 2. The molecule has 2 amide bonds. The van der Waals surface area contributed by atoms with Crippen LogP contribution in [0.15, 0.2) is 35.0 Å². The molecule has 0 fully saturated rings. The van der Waals surface area contributed by atoms with Gasteiger partial charge >= 0.3 is 0 Å². The van der Waals surface area contributed by atoms with E-state index in [1.54, 1.807) is 16.3 Å². The van der Waals surface area contributed by atoms with Crippen molar-refractivity contribution in [2.24, 2.45) is 0 Å². The van der Waals surface area contributed by atoms with Crippen LogP contribution in [0.1, 0.15) is 28.8 Å². The minimum atomic E-state index is -0.137. The van der Waals surface area contributed by atoms with Crippen LogP contribution in [-0.4, -0.2) is 24.9 Å². The summed E-state index contributed by atoms with van der Waals surface area (Å²) >= 11 is 1.48. The molecule has 0 bridgehead atoms. The number of carbonyl (C=O) groups excluding carboxylic acids is 2. The number of nitrogens with zero attached hydrogens (tertiary/aromatic N) is 1. The van der Waals surface area contributed by atoms with E-state index in [0.717, 1.165) is 29.8 Å². The molecule has 0 unspecified atom stereocenters. The summed E-state index contributed by atoms with van der Waals surface area (Å²) in [5.74, 6) is -0.121. The molecule has 2 aromatic rings. The van der Waals surface area contributed by atoms with E-state index in [-0.39, 0.29) is 18.2 Å². The molecule has 1 aliphatic rings. The first kappa shape index (κ1) is 15.6. The van der Waals surface area contributed by atoms with Gasteiger partial charge in [0.05, 0.1) is 0 Å². The lowest BCUT2D eigenvalue weighted by molar-refractivity contribution is -0.118. The third-order valence-corrected chi connectivity index (χ3v) is 4.68. The monoisotopic (exact) mass is 329 g/mol. The highest BCUT2D eigenvalue weighted by Gasteiger charge is 2.23. The number of fused-ring (bicyclic) bond motifs is 1. The highest BCUT2D eigenvalue weighted by molar-refractivity contribution is 7.08. The van der Waals surface area contributed by atoms with Crippen molar-refractivity contribution in [1.29, 1.82) is 0 Å². The number of thiophene rings is 1. The molecular formula is C17H19N3O2S. The normalized spacial score (nSPS) is 13.5. The van der Waals surface area contributed by atoms with E-state index in [1.807, 2.05) is 23.6 Å². The van der Waals surface area contributed by atoms with Gasteiger partial charge in [0.15, 0.2) is 0 Å². The first-order valence-corrected chi connectivity index (χ1v) is 8.59. The Morgan fingerprint density at radius 3 is 2.96 bits per heavy atom. The molecule has 3 rings (SSSR count). The quantitative estimate of drug-likeness (QED) is 0.846. The number of nitrogens with one attached hydrogen (secondary N) is 1.